The minimum Gasteiger partial charge on any atom is -0.310 e. The van der Waals surface area contributed by atoms with Gasteiger partial charge in [-0.05, 0) is 37.3 Å². The number of nitrogens with one attached hydrogen (secondary N) is 1. The number of rotatable bonds is 9. The van der Waals surface area contributed by atoms with Gasteiger partial charge in [-0.3, -0.25) is 0 Å². The van der Waals surface area contributed by atoms with E-state index in [4.69, 9.17) is 0 Å². The zero-order valence-corrected chi connectivity index (χ0v) is 12.9. The number of hydrogen-bond acceptors (Lipinski definition) is 2. The van der Waals surface area contributed by atoms with E-state index in [1.54, 1.807) is 0 Å². The van der Waals surface area contributed by atoms with Crippen LogP contribution in [0.25, 0.3) is 0 Å². The third kappa shape index (κ3) is 5.03. The maximum atomic E-state index is 3.71. The normalized spacial score (nSPS) is 12.6. The molecule has 1 atom stereocenters. The van der Waals surface area contributed by atoms with Gasteiger partial charge in [0.25, 0.3) is 0 Å². The second kappa shape index (κ2) is 9.46. The second-order valence-electron chi connectivity index (χ2n) is 4.74. The Morgan fingerprint density at radius 3 is 2.56 bits per heavy atom. The largest absolute Gasteiger partial charge is 0.310 e. The molecule has 0 saturated carbocycles. The van der Waals surface area contributed by atoms with Crippen LogP contribution in [0.3, 0.4) is 0 Å². The first-order valence-electron chi connectivity index (χ1n) is 7.19. The molecule has 0 bridgehead atoms. The van der Waals surface area contributed by atoms with Crippen LogP contribution in [0.5, 0.6) is 0 Å². The summed E-state index contributed by atoms with van der Waals surface area (Å²) in [6.45, 7) is 5.61. The standard InChI is InChI=1S/C16H27NS/c1-4-6-7-11-15(17-13-5-2)14-10-8-9-12-16(14)18-3/h8-10,12,15,17H,4-7,11,13H2,1-3H3. The Morgan fingerprint density at radius 2 is 1.89 bits per heavy atom. The summed E-state index contributed by atoms with van der Waals surface area (Å²) in [5.74, 6) is 0. The topological polar surface area (TPSA) is 12.0 Å². The summed E-state index contributed by atoms with van der Waals surface area (Å²) >= 11 is 1.86. The van der Waals surface area contributed by atoms with Crippen LogP contribution in [0.4, 0.5) is 0 Å². The lowest BCUT2D eigenvalue weighted by atomic mass is 10.00. The molecular weight excluding hydrogens is 238 g/mol. The summed E-state index contributed by atoms with van der Waals surface area (Å²) in [5.41, 5.74) is 1.48. The molecule has 0 spiro atoms. The molecule has 0 aliphatic heterocycles. The fraction of sp³-hybridized carbons (Fsp3) is 0.625. The molecule has 1 aromatic rings. The first-order chi connectivity index (χ1) is 8.83. The lowest BCUT2D eigenvalue weighted by Crippen LogP contribution is -2.22. The minimum absolute atomic E-state index is 0.528. The molecule has 0 aliphatic carbocycles. The Morgan fingerprint density at radius 1 is 1.11 bits per heavy atom. The second-order valence-corrected chi connectivity index (χ2v) is 5.59. The molecule has 1 aromatic carbocycles. The Bertz CT molecular complexity index is 325. The Labute approximate surface area is 117 Å². The highest BCUT2D eigenvalue weighted by Crippen LogP contribution is 2.28. The van der Waals surface area contributed by atoms with Gasteiger partial charge < -0.3 is 5.32 Å². The molecule has 2 heteroatoms. The first-order valence-corrected chi connectivity index (χ1v) is 8.42. The van der Waals surface area contributed by atoms with E-state index in [2.05, 4.69) is 49.7 Å². The number of hydrogen-bond donors (Lipinski definition) is 1. The van der Waals surface area contributed by atoms with Crippen molar-refractivity contribution < 1.29 is 0 Å². The Balaban J connectivity index is 2.72. The van der Waals surface area contributed by atoms with Crippen molar-refractivity contribution >= 4 is 11.8 Å². The summed E-state index contributed by atoms with van der Waals surface area (Å²) in [7, 11) is 0. The molecule has 0 radical (unpaired) electrons. The molecule has 102 valence electrons. The SMILES string of the molecule is CCCCCC(NCCC)c1ccccc1SC. The van der Waals surface area contributed by atoms with E-state index < -0.39 is 0 Å². The molecule has 1 rings (SSSR count). The van der Waals surface area contributed by atoms with Crippen LogP contribution in [0.15, 0.2) is 29.2 Å². The molecule has 18 heavy (non-hydrogen) atoms. The fourth-order valence-corrected chi connectivity index (χ4v) is 2.90. The summed E-state index contributed by atoms with van der Waals surface area (Å²) in [6, 6.07) is 9.35. The molecule has 1 unspecified atom stereocenters. The smallest absolute Gasteiger partial charge is 0.0331 e. The maximum Gasteiger partial charge on any atom is 0.0331 e. The molecule has 0 heterocycles. The van der Waals surface area contributed by atoms with Gasteiger partial charge in [0, 0.05) is 10.9 Å². The highest BCUT2D eigenvalue weighted by atomic mass is 32.2. The molecule has 0 amide bonds. The van der Waals surface area contributed by atoms with Crippen LogP contribution in [0, 0.1) is 0 Å². The molecule has 0 aliphatic rings. The zero-order chi connectivity index (χ0) is 13.2. The van der Waals surface area contributed by atoms with Gasteiger partial charge in [-0.15, -0.1) is 11.8 Å². The van der Waals surface area contributed by atoms with Crippen LogP contribution in [0.2, 0.25) is 0 Å². The summed E-state index contributed by atoms with van der Waals surface area (Å²) in [4.78, 5) is 1.42. The van der Waals surface area contributed by atoms with E-state index in [1.165, 1.54) is 42.6 Å². The van der Waals surface area contributed by atoms with Crippen LogP contribution in [-0.4, -0.2) is 12.8 Å². The lowest BCUT2D eigenvalue weighted by molar-refractivity contribution is 0.469. The van der Waals surface area contributed by atoms with E-state index in [-0.39, 0.29) is 0 Å². The third-order valence-electron chi connectivity index (χ3n) is 3.25. The van der Waals surface area contributed by atoms with Gasteiger partial charge in [0.15, 0.2) is 0 Å². The van der Waals surface area contributed by atoms with Gasteiger partial charge >= 0.3 is 0 Å². The minimum atomic E-state index is 0.528. The van der Waals surface area contributed by atoms with Crippen molar-refractivity contribution in [3.05, 3.63) is 29.8 Å². The van der Waals surface area contributed by atoms with Crippen LogP contribution < -0.4 is 5.32 Å². The molecule has 0 fully saturated rings. The molecule has 1 N–H and O–H groups in total. The predicted molar refractivity (Wildman–Crippen MR) is 83.4 cm³/mol. The van der Waals surface area contributed by atoms with Crippen molar-refractivity contribution in [3.63, 3.8) is 0 Å². The average molecular weight is 265 g/mol. The Hall–Kier alpha value is -0.470. The third-order valence-corrected chi connectivity index (χ3v) is 4.06. The maximum absolute atomic E-state index is 3.71. The van der Waals surface area contributed by atoms with Crippen molar-refractivity contribution in [3.8, 4) is 0 Å². The lowest BCUT2D eigenvalue weighted by Gasteiger charge is -2.21. The van der Waals surface area contributed by atoms with Crippen LogP contribution >= 0.6 is 11.8 Å². The van der Waals surface area contributed by atoms with E-state index in [0.29, 0.717) is 6.04 Å². The molecule has 0 aromatic heterocycles. The van der Waals surface area contributed by atoms with Crippen molar-refractivity contribution in [1.82, 2.24) is 5.32 Å². The van der Waals surface area contributed by atoms with E-state index >= 15 is 0 Å². The van der Waals surface area contributed by atoms with Crippen molar-refractivity contribution in [2.24, 2.45) is 0 Å². The van der Waals surface area contributed by atoms with Crippen LogP contribution in [-0.2, 0) is 0 Å². The van der Waals surface area contributed by atoms with Crippen LogP contribution in [0.1, 0.15) is 57.6 Å². The van der Waals surface area contributed by atoms with E-state index in [0.717, 1.165) is 6.54 Å². The van der Waals surface area contributed by atoms with Crippen molar-refractivity contribution in [2.45, 2.75) is 56.9 Å². The van der Waals surface area contributed by atoms with Crippen molar-refractivity contribution in [1.29, 1.82) is 0 Å². The highest BCUT2D eigenvalue weighted by molar-refractivity contribution is 7.98. The Kier molecular flexibility index (Phi) is 8.19. The van der Waals surface area contributed by atoms with Gasteiger partial charge in [-0.1, -0.05) is 51.3 Å². The average Bonchev–Trinajstić information content (AvgIpc) is 2.42. The van der Waals surface area contributed by atoms with Gasteiger partial charge in [0.1, 0.15) is 0 Å². The quantitative estimate of drug-likeness (QED) is 0.496. The molecular formula is C16H27NS. The van der Waals surface area contributed by atoms with E-state index in [9.17, 15) is 0 Å². The fourth-order valence-electron chi connectivity index (χ4n) is 2.24. The van der Waals surface area contributed by atoms with E-state index in [1.807, 2.05) is 11.8 Å². The summed E-state index contributed by atoms with van der Waals surface area (Å²) in [5, 5.41) is 3.71. The zero-order valence-electron chi connectivity index (χ0n) is 12.0. The molecule has 1 nitrogen and oxygen atoms in total. The monoisotopic (exact) mass is 265 g/mol. The first kappa shape index (κ1) is 15.6. The van der Waals surface area contributed by atoms with Gasteiger partial charge in [0.05, 0.1) is 0 Å². The summed E-state index contributed by atoms with van der Waals surface area (Å²) in [6.07, 6.45) is 8.58. The summed E-state index contributed by atoms with van der Waals surface area (Å²) < 4.78 is 0. The van der Waals surface area contributed by atoms with Gasteiger partial charge in [-0.2, -0.15) is 0 Å². The number of unbranched alkanes of at least 4 members (excludes halogenated alkanes) is 2. The van der Waals surface area contributed by atoms with Gasteiger partial charge in [0.2, 0.25) is 0 Å². The number of thioether (sulfide) groups is 1. The predicted octanol–water partition coefficient (Wildman–Crippen LogP) is 5.03. The van der Waals surface area contributed by atoms with Gasteiger partial charge in [-0.25, -0.2) is 0 Å². The number of benzene rings is 1. The van der Waals surface area contributed by atoms with Crippen molar-refractivity contribution in [2.75, 3.05) is 12.8 Å². The molecule has 0 saturated heterocycles. The highest BCUT2D eigenvalue weighted by Gasteiger charge is 2.13.